The summed E-state index contributed by atoms with van der Waals surface area (Å²) in [5.74, 6) is 1.47. The van der Waals surface area contributed by atoms with E-state index >= 15 is 0 Å². The van der Waals surface area contributed by atoms with Crippen LogP contribution in [0.3, 0.4) is 0 Å². The number of nitro groups is 1. The van der Waals surface area contributed by atoms with E-state index in [1.54, 1.807) is 32.4 Å². The zero-order valence-corrected chi connectivity index (χ0v) is 18.0. The van der Waals surface area contributed by atoms with Crippen molar-refractivity contribution in [3.63, 3.8) is 0 Å². The number of carbonyl (C=O) groups is 1. The van der Waals surface area contributed by atoms with Gasteiger partial charge in [0.2, 0.25) is 5.95 Å². The highest BCUT2D eigenvalue weighted by molar-refractivity contribution is 6.00. The van der Waals surface area contributed by atoms with Gasteiger partial charge in [-0.1, -0.05) is 18.2 Å². The molecule has 0 saturated carbocycles. The van der Waals surface area contributed by atoms with Crippen LogP contribution in [0, 0.1) is 10.1 Å². The lowest BCUT2D eigenvalue weighted by Gasteiger charge is -2.35. The van der Waals surface area contributed by atoms with E-state index in [0.29, 0.717) is 40.7 Å². The molecule has 33 heavy (non-hydrogen) atoms. The Balaban J connectivity index is 1.59. The molecule has 1 aliphatic carbocycles. The van der Waals surface area contributed by atoms with Crippen molar-refractivity contribution in [3.8, 4) is 11.5 Å². The molecule has 1 aromatic heterocycles. The lowest BCUT2D eigenvalue weighted by Crippen LogP contribution is -2.33. The molecule has 1 N–H and O–H groups in total. The Hall–Kier alpha value is -4.21. The molecule has 0 fully saturated rings. The second kappa shape index (κ2) is 8.05. The molecule has 0 bridgehead atoms. The summed E-state index contributed by atoms with van der Waals surface area (Å²) in [6.07, 6.45) is 2.18. The maximum atomic E-state index is 13.5. The number of Topliss-reactive ketones (excluding diaryl/α,β-unsaturated/α-hetero) is 1. The largest absolute Gasteiger partial charge is 0.493 e. The van der Waals surface area contributed by atoms with E-state index in [1.807, 2.05) is 18.2 Å². The summed E-state index contributed by atoms with van der Waals surface area (Å²) in [6, 6.07) is 11.3. The average molecular weight is 447 g/mol. The van der Waals surface area contributed by atoms with Gasteiger partial charge in [-0.3, -0.25) is 14.9 Å². The minimum Gasteiger partial charge on any atom is -0.493 e. The van der Waals surface area contributed by atoms with Crippen molar-refractivity contribution in [2.45, 2.75) is 24.8 Å². The normalized spacial score (nSPS) is 19.4. The second-order valence-corrected chi connectivity index (χ2v) is 7.91. The van der Waals surface area contributed by atoms with Gasteiger partial charge >= 0.3 is 0 Å². The Morgan fingerprint density at radius 3 is 2.67 bits per heavy atom. The predicted octanol–water partition coefficient (Wildman–Crippen LogP) is 3.62. The zero-order valence-electron chi connectivity index (χ0n) is 18.0. The highest BCUT2D eigenvalue weighted by atomic mass is 16.6. The van der Waals surface area contributed by atoms with E-state index in [2.05, 4.69) is 15.4 Å². The van der Waals surface area contributed by atoms with Crippen LogP contribution in [0.5, 0.6) is 11.5 Å². The SMILES string of the molecule is COc1ccc([C@H]2CC(=O)C3=C(C2)Nc2ncnn2[C@@H]3c2ccccc2[N+](=O)[O-])cc1OC. The number of anilines is 1. The predicted molar refractivity (Wildman–Crippen MR) is 118 cm³/mol. The monoisotopic (exact) mass is 447 g/mol. The fraction of sp³-hybridized carbons (Fsp3) is 0.261. The van der Waals surface area contributed by atoms with Crippen LogP contribution in [0.1, 0.15) is 35.9 Å². The number of nitrogens with one attached hydrogen (secondary N) is 1. The number of aromatic nitrogens is 3. The van der Waals surface area contributed by atoms with Crippen molar-refractivity contribution < 1.29 is 19.2 Å². The molecule has 2 aromatic carbocycles. The number of hydrogen-bond acceptors (Lipinski definition) is 8. The number of methoxy groups -OCH3 is 2. The maximum Gasteiger partial charge on any atom is 0.275 e. The van der Waals surface area contributed by atoms with Crippen molar-refractivity contribution in [2.75, 3.05) is 19.5 Å². The minimum atomic E-state index is -0.723. The number of para-hydroxylation sites is 1. The number of carbonyl (C=O) groups excluding carboxylic acids is 1. The Kier molecular flexibility index (Phi) is 5.04. The molecular formula is C23H21N5O5. The molecule has 2 atom stereocenters. The number of benzene rings is 2. The van der Waals surface area contributed by atoms with E-state index < -0.39 is 11.0 Å². The van der Waals surface area contributed by atoms with Crippen LogP contribution in [0.25, 0.3) is 0 Å². The van der Waals surface area contributed by atoms with Gasteiger partial charge in [-0.05, 0) is 36.1 Å². The first-order valence-corrected chi connectivity index (χ1v) is 10.4. The van der Waals surface area contributed by atoms with E-state index in [9.17, 15) is 14.9 Å². The minimum absolute atomic E-state index is 0.0625. The molecule has 0 spiro atoms. The van der Waals surface area contributed by atoms with Crippen molar-refractivity contribution in [2.24, 2.45) is 0 Å². The van der Waals surface area contributed by atoms with E-state index in [-0.39, 0.29) is 23.8 Å². The van der Waals surface area contributed by atoms with Gasteiger partial charge in [-0.15, -0.1) is 0 Å². The number of nitrogens with zero attached hydrogens (tertiary/aromatic N) is 4. The Labute approximate surface area is 189 Å². The van der Waals surface area contributed by atoms with Crippen molar-refractivity contribution in [1.82, 2.24) is 14.8 Å². The van der Waals surface area contributed by atoms with Crippen molar-refractivity contribution in [1.29, 1.82) is 0 Å². The van der Waals surface area contributed by atoms with Crippen LogP contribution in [-0.4, -0.2) is 39.7 Å². The van der Waals surface area contributed by atoms with Gasteiger partial charge in [0.15, 0.2) is 17.3 Å². The molecule has 0 unspecified atom stereocenters. The number of ketones is 1. The third-order valence-corrected chi connectivity index (χ3v) is 6.17. The summed E-state index contributed by atoms with van der Waals surface area (Å²) in [6.45, 7) is 0. The van der Waals surface area contributed by atoms with Crippen LogP contribution >= 0.6 is 0 Å². The van der Waals surface area contributed by atoms with Gasteiger partial charge in [0.25, 0.3) is 5.69 Å². The van der Waals surface area contributed by atoms with Gasteiger partial charge in [-0.2, -0.15) is 10.1 Å². The van der Waals surface area contributed by atoms with Crippen molar-refractivity contribution >= 4 is 17.4 Å². The summed E-state index contributed by atoms with van der Waals surface area (Å²) < 4.78 is 12.3. The third kappa shape index (κ3) is 3.39. The first kappa shape index (κ1) is 20.7. The molecule has 0 saturated heterocycles. The molecule has 2 heterocycles. The van der Waals surface area contributed by atoms with Gasteiger partial charge in [0, 0.05) is 23.8 Å². The Morgan fingerprint density at radius 2 is 1.91 bits per heavy atom. The number of fused-ring (bicyclic) bond motifs is 1. The second-order valence-electron chi connectivity index (χ2n) is 7.91. The van der Waals surface area contributed by atoms with Crippen LogP contribution in [0.4, 0.5) is 11.6 Å². The highest BCUT2D eigenvalue weighted by Crippen LogP contribution is 2.46. The van der Waals surface area contributed by atoms with Gasteiger partial charge in [-0.25, -0.2) is 4.68 Å². The number of hydrogen-bond donors (Lipinski definition) is 1. The quantitative estimate of drug-likeness (QED) is 0.465. The highest BCUT2D eigenvalue weighted by Gasteiger charge is 2.41. The molecule has 2 aliphatic rings. The van der Waals surface area contributed by atoms with E-state index in [4.69, 9.17) is 9.47 Å². The van der Waals surface area contributed by atoms with Crippen LogP contribution < -0.4 is 14.8 Å². The number of ether oxygens (including phenoxy) is 2. The summed E-state index contributed by atoms with van der Waals surface area (Å²) in [5, 5.41) is 19.2. The summed E-state index contributed by atoms with van der Waals surface area (Å²) in [5.41, 5.74) is 2.48. The summed E-state index contributed by atoms with van der Waals surface area (Å²) >= 11 is 0. The van der Waals surface area contributed by atoms with E-state index in [1.165, 1.54) is 17.1 Å². The number of nitro benzene ring substituents is 1. The number of allylic oxidation sites excluding steroid dienone is 2. The lowest BCUT2D eigenvalue weighted by molar-refractivity contribution is -0.385. The molecule has 10 nitrogen and oxygen atoms in total. The van der Waals surface area contributed by atoms with Crippen molar-refractivity contribution in [3.05, 3.63) is 81.3 Å². The van der Waals surface area contributed by atoms with Crippen LogP contribution in [0.2, 0.25) is 0 Å². The molecule has 3 aromatic rings. The lowest BCUT2D eigenvalue weighted by atomic mass is 9.77. The van der Waals surface area contributed by atoms with Gasteiger partial charge < -0.3 is 14.8 Å². The first-order valence-electron chi connectivity index (χ1n) is 10.4. The molecule has 168 valence electrons. The smallest absolute Gasteiger partial charge is 0.275 e. The zero-order chi connectivity index (χ0) is 23.1. The van der Waals surface area contributed by atoms with Gasteiger partial charge in [0.1, 0.15) is 12.4 Å². The molecular weight excluding hydrogens is 426 g/mol. The fourth-order valence-corrected chi connectivity index (χ4v) is 4.67. The maximum absolute atomic E-state index is 13.5. The standard InChI is InChI=1S/C23H21N5O5/c1-32-19-8-7-13(11-20(19)33-2)14-9-16-21(18(29)10-14)22(27-23(26-16)24-12-25-27)15-5-3-4-6-17(15)28(30)31/h3-8,11-12,14,22H,9-10H2,1-2H3,(H,24,25,26)/t14-,22-/m1/s1. The van der Waals surface area contributed by atoms with Crippen LogP contribution in [-0.2, 0) is 4.79 Å². The van der Waals surface area contributed by atoms with E-state index in [0.717, 1.165) is 5.56 Å². The number of rotatable bonds is 5. The first-order chi connectivity index (χ1) is 16.0. The molecule has 0 radical (unpaired) electrons. The Morgan fingerprint density at radius 1 is 1.12 bits per heavy atom. The third-order valence-electron chi connectivity index (χ3n) is 6.17. The molecule has 0 amide bonds. The average Bonchev–Trinajstić information content (AvgIpc) is 3.30. The molecule has 1 aliphatic heterocycles. The molecule has 5 rings (SSSR count). The summed E-state index contributed by atoms with van der Waals surface area (Å²) in [4.78, 5) is 29.1. The summed E-state index contributed by atoms with van der Waals surface area (Å²) in [7, 11) is 3.14. The van der Waals surface area contributed by atoms with Crippen LogP contribution in [0.15, 0.2) is 60.1 Å². The van der Waals surface area contributed by atoms with Gasteiger partial charge in [0.05, 0.1) is 24.7 Å². The molecule has 10 heteroatoms. The fourth-order valence-electron chi connectivity index (χ4n) is 4.67. The topological polar surface area (TPSA) is 121 Å². The Bertz CT molecular complexity index is 1300.